The molecule has 6 nitrogen and oxygen atoms in total. The van der Waals surface area contributed by atoms with E-state index < -0.39 is 0 Å². The summed E-state index contributed by atoms with van der Waals surface area (Å²) >= 11 is 0. The summed E-state index contributed by atoms with van der Waals surface area (Å²) in [6.45, 7) is 2.52. The SMILES string of the molecule is Cc1ccnc(NCc2ccc3[nH]c(=O)[nH]c3c2)n1. The molecule has 3 rings (SSSR count). The average Bonchev–Trinajstić information content (AvgIpc) is 2.75. The molecule has 0 fully saturated rings. The third-order valence-electron chi connectivity index (χ3n) is 2.83. The van der Waals surface area contributed by atoms with Crippen molar-refractivity contribution in [1.29, 1.82) is 0 Å². The Morgan fingerprint density at radius 3 is 2.89 bits per heavy atom. The van der Waals surface area contributed by atoms with E-state index in [-0.39, 0.29) is 5.69 Å². The second-order valence-electron chi connectivity index (χ2n) is 4.33. The van der Waals surface area contributed by atoms with Crippen LogP contribution in [0.2, 0.25) is 0 Å². The largest absolute Gasteiger partial charge is 0.350 e. The fourth-order valence-electron chi connectivity index (χ4n) is 1.90. The number of anilines is 1. The molecule has 0 atom stereocenters. The van der Waals surface area contributed by atoms with Gasteiger partial charge in [-0.05, 0) is 30.7 Å². The van der Waals surface area contributed by atoms with Gasteiger partial charge in [0.2, 0.25) is 5.95 Å². The molecule has 2 aromatic heterocycles. The number of fused-ring (bicyclic) bond motifs is 1. The number of aromatic amines is 2. The number of H-pyrrole nitrogens is 2. The van der Waals surface area contributed by atoms with Crippen LogP contribution in [0.1, 0.15) is 11.3 Å². The van der Waals surface area contributed by atoms with Gasteiger partial charge in [0.05, 0.1) is 11.0 Å². The summed E-state index contributed by atoms with van der Waals surface area (Å²) < 4.78 is 0. The maximum absolute atomic E-state index is 11.2. The van der Waals surface area contributed by atoms with Crippen molar-refractivity contribution in [1.82, 2.24) is 19.9 Å². The quantitative estimate of drug-likeness (QED) is 0.663. The van der Waals surface area contributed by atoms with E-state index >= 15 is 0 Å². The lowest BCUT2D eigenvalue weighted by molar-refractivity contribution is 1.03. The van der Waals surface area contributed by atoms with E-state index in [1.807, 2.05) is 31.2 Å². The Balaban J connectivity index is 1.79. The van der Waals surface area contributed by atoms with Crippen LogP contribution in [0.3, 0.4) is 0 Å². The fraction of sp³-hybridized carbons (Fsp3) is 0.154. The molecule has 2 heterocycles. The van der Waals surface area contributed by atoms with Crippen molar-refractivity contribution in [2.75, 3.05) is 5.32 Å². The summed E-state index contributed by atoms with van der Waals surface area (Å²) in [6, 6.07) is 7.61. The third-order valence-corrected chi connectivity index (χ3v) is 2.83. The van der Waals surface area contributed by atoms with Gasteiger partial charge in [0.15, 0.2) is 0 Å². The molecule has 0 bridgehead atoms. The van der Waals surface area contributed by atoms with Gasteiger partial charge in [0, 0.05) is 18.4 Å². The number of hydrogen-bond acceptors (Lipinski definition) is 4. The van der Waals surface area contributed by atoms with Crippen molar-refractivity contribution < 1.29 is 0 Å². The normalized spacial score (nSPS) is 10.8. The van der Waals surface area contributed by atoms with Crippen molar-refractivity contribution in [2.45, 2.75) is 13.5 Å². The molecule has 96 valence electrons. The molecule has 0 unspecified atom stereocenters. The first-order chi connectivity index (χ1) is 9.20. The average molecular weight is 255 g/mol. The van der Waals surface area contributed by atoms with Crippen LogP contribution in [-0.2, 0) is 6.54 Å². The summed E-state index contributed by atoms with van der Waals surface area (Å²) in [6.07, 6.45) is 1.72. The maximum atomic E-state index is 11.2. The summed E-state index contributed by atoms with van der Waals surface area (Å²) in [5.74, 6) is 0.600. The van der Waals surface area contributed by atoms with Gasteiger partial charge >= 0.3 is 5.69 Å². The lowest BCUT2D eigenvalue weighted by atomic mass is 10.2. The van der Waals surface area contributed by atoms with E-state index in [9.17, 15) is 4.79 Å². The van der Waals surface area contributed by atoms with Gasteiger partial charge in [0.1, 0.15) is 0 Å². The summed E-state index contributed by atoms with van der Waals surface area (Å²) in [7, 11) is 0. The Bertz CT molecular complexity index is 774. The molecule has 0 saturated carbocycles. The molecule has 0 radical (unpaired) electrons. The van der Waals surface area contributed by atoms with E-state index in [0.29, 0.717) is 12.5 Å². The Morgan fingerprint density at radius 1 is 1.21 bits per heavy atom. The third kappa shape index (κ3) is 2.47. The monoisotopic (exact) mass is 255 g/mol. The lowest BCUT2D eigenvalue weighted by Gasteiger charge is -2.05. The summed E-state index contributed by atoms with van der Waals surface area (Å²) in [5.41, 5.74) is 3.38. The van der Waals surface area contributed by atoms with Crippen LogP contribution in [0.5, 0.6) is 0 Å². The van der Waals surface area contributed by atoms with E-state index in [0.717, 1.165) is 22.3 Å². The Morgan fingerprint density at radius 2 is 2.05 bits per heavy atom. The molecule has 0 aliphatic heterocycles. The predicted octanol–water partition coefficient (Wildman–Crippen LogP) is 1.57. The van der Waals surface area contributed by atoms with Crippen molar-refractivity contribution in [3.05, 3.63) is 52.2 Å². The molecule has 0 spiro atoms. The minimum atomic E-state index is -0.192. The molecule has 6 heteroatoms. The molecule has 0 amide bonds. The van der Waals surface area contributed by atoms with Crippen LogP contribution in [0.15, 0.2) is 35.3 Å². The Labute approximate surface area is 108 Å². The maximum Gasteiger partial charge on any atom is 0.323 e. The lowest BCUT2D eigenvalue weighted by Crippen LogP contribution is -2.03. The molecular formula is C13H13N5O. The number of nitrogens with zero attached hydrogens (tertiary/aromatic N) is 2. The predicted molar refractivity (Wildman–Crippen MR) is 73.0 cm³/mol. The number of rotatable bonds is 3. The second kappa shape index (κ2) is 4.56. The van der Waals surface area contributed by atoms with E-state index in [4.69, 9.17) is 0 Å². The highest BCUT2D eigenvalue weighted by atomic mass is 16.1. The summed E-state index contributed by atoms with van der Waals surface area (Å²) in [5, 5.41) is 3.15. The molecule has 3 N–H and O–H groups in total. The minimum absolute atomic E-state index is 0.192. The smallest absolute Gasteiger partial charge is 0.323 e. The highest BCUT2D eigenvalue weighted by Gasteiger charge is 2.01. The molecular weight excluding hydrogens is 242 g/mol. The highest BCUT2D eigenvalue weighted by Crippen LogP contribution is 2.11. The fourth-order valence-corrected chi connectivity index (χ4v) is 1.90. The standard InChI is InChI=1S/C13H13N5O/c1-8-4-5-14-12(16-8)15-7-9-2-3-10-11(6-9)18-13(19)17-10/h2-6H,7H2,1H3,(H,14,15,16)(H2,17,18,19). The number of aryl methyl sites for hydroxylation is 1. The Hall–Kier alpha value is -2.63. The minimum Gasteiger partial charge on any atom is -0.350 e. The topological polar surface area (TPSA) is 86.5 Å². The van der Waals surface area contributed by atoms with E-state index in [2.05, 4.69) is 25.3 Å². The van der Waals surface area contributed by atoms with Gasteiger partial charge in [-0.3, -0.25) is 0 Å². The van der Waals surface area contributed by atoms with Gasteiger partial charge in [-0.2, -0.15) is 0 Å². The van der Waals surface area contributed by atoms with Gasteiger partial charge in [-0.15, -0.1) is 0 Å². The first kappa shape index (κ1) is 11.5. The number of imidazole rings is 1. The van der Waals surface area contributed by atoms with E-state index in [1.54, 1.807) is 6.20 Å². The van der Waals surface area contributed by atoms with Crippen LogP contribution in [0, 0.1) is 6.92 Å². The number of nitrogens with one attached hydrogen (secondary N) is 3. The van der Waals surface area contributed by atoms with Crippen molar-refractivity contribution in [2.24, 2.45) is 0 Å². The van der Waals surface area contributed by atoms with Gasteiger partial charge in [0.25, 0.3) is 0 Å². The van der Waals surface area contributed by atoms with Crippen molar-refractivity contribution in [3.8, 4) is 0 Å². The zero-order valence-corrected chi connectivity index (χ0v) is 10.4. The molecule has 3 aromatic rings. The molecule has 19 heavy (non-hydrogen) atoms. The van der Waals surface area contributed by atoms with Crippen LogP contribution in [-0.4, -0.2) is 19.9 Å². The first-order valence-corrected chi connectivity index (χ1v) is 5.95. The zero-order chi connectivity index (χ0) is 13.2. The zero-order valence-electron chi connectivity index (χ0n) is 10.4. The number of benzene rings is 1. The molecule has 0 saturated heterocycles. The van der Waals surface area contributed by atoms with Crippen LogP contribution in [0.25, 0.3) is 11.0 Å². The molecule has 1 aromatic carbocycles. The molecule has 0 aliphatic rings. The van der Waals surface area contributed by atoms with Crippen LogP contribution < -0.4 is 11.0 Å². The van der Waals surface area contributed by atoms with Gasteiger partial charge in [-0.1, -0.05) is 6.07 Å². The van der Waals surface area contributed by atoms with Gasteiger partial charge < -0.3 is 15.3 Å². The summed E-state index contributed by atoms with van der Waals surface area (Å²) in [4.78, 5) is 25.0. The Kier molecular flexibility index (Phi) is 2.75. The van der Waals surface area contributed by atoms with Crippen molar-refractivity contribution in [3.63, 3.8) is 0 Å². The van der Waals surface area contributed by atoms with Crippen LogP contribution >= 0.6 is 0 Å². The molecule has 0 aliphatic carbocycles. The first-order valence-electron chi connectivity index (χ1n) is 5.95. The number of hydrogen-bond donors (Lipinski definition) is 3. The van der Waals surface area contributed by atoms with E-state index in [1.165, 1.54) is 0 Å². The highest BCUT2D eigenvalue weighted by molar-refractivity contribution is 5.75. The van der Waals surface area contributed by atoms with Crippen LogP contribution in [0.4, 0.5) is 5.95 Å². The second-order valence-corrected chi connectivity index (χ2v) is 4.33. The van der Waals surface area contributed by atoms with Gasteiger partial charge in [-0.25, -0.2) is 14.8 Å². The van der Waals surface area contributed by atoms with Crippen molar-refractivity contribution >= 4 is 17.0 Å². The number of aromatic nitrogens is 4.